The smallest absolute Gasteiger partial charge is 0.243 e. The van der Waals surface area contributed by atoms with Gasteiger partial charge in [0.2, 0.25) is 15.9 Å². The van der Waals surface area contributed by atoms with Gasteiger partial charge in [-0.3, -0.25) is 4.79 Å². The summed E-state index contributed by atoms with van der Waals surface area (Å²) in [5.74, 6) is 2.74. The van der Waals surface area contributed by atoms with Crippen LogP contribution >= 0.6 is 0 Å². The van der Waals surface area contributed by atoms with Crippen LogP contribution in [0.2, 0.25) is 0 Å². The van der Waals surface area contributed by atoms with E-state index in [4.69, 9.17) is 4.74 Å². The van der Waals surface area contributed by atoms with Crippen LogP contribution in [-0.4, -0.2) is 38.3 Å². The summed E-state index contributed by atoms with van der Waals surface area (Å²) in [7, 11) is -2.34. The molecule has 6 rings (SSSR count). The fraction of sp³-hybridized carbons (Fsp3) is 0.536. The summed E-state index contributed by atoms with van der Waals surface area (Å²) >= 11 is 0. The summed E-state index contributed by atoms with van der Waals surface area (Å²) in [4.78, 5) is 13.4. The first kappa shape index (κ1) is 24.3. The Bertz CT molecular complexity index is 1110. The van der Waals surface area contributed by atoms with Gasteiger partial charge < -0.3 is 10.1 Å². The lowest BCUT2D eigenvalue weighted by molar-refractivity contribution is -0.126. The summed E-state index contributed by atoms with van der Waals surface area (Å²) < 4.78 is 33.6. The summed E-state index contributed by atoms with van der Waals surface area (Å²) in [6, 6.07) is 15.8. The van der Waals surface area contributed by atoms with Gasteiger partial charge in [-0.05, 0) is 98.4 Å². The van der Waals surface area contributed by atoms with Crippen LogP contribution < -0.4 is 10.1 Å². The standard InChI is InChI=1S/C28H36N2O4S/c1-20(28-15-22-12-23(16-28)14-24(13-22)17-28)29-27(31)19-30(18-21-6-4-3-5-7-21)35(32,33)26-10-8-25(34-2)9-11-26/h3-11,20,22-24H,12-19H2,1-2H3,(H,29,31)/t20-,22?,23?,24?,28?/m1/s1. The highest BCUT2D eigenvalue weighted by atomic mass is 32.2. The van der Waals surface area contributed by atoms with Crippen LogP contribution in [0.25, 0.3) is 0 Å². The van der Waals surface area contributed by atoms with Crippen molar-refractivity contribution in [3.63, 3.8) is 0 Å². The second kappa shape index (κ2) is 9.58. The van der Waals surface area contributed by atoms with Gasteiger partial charge in [-0.1, -0.05) is 30.3 Å². The van der Waals surface area contributed by atoms with Gasteiger partial charge in [0.25, 0.3) is 0 Å². The summed E-state index contributed by atoms with van der Waals surface area (Å²) in [6.07, 6.45) is 7.63. The molecule has 0 aliphatic heterocycles. The fourth-order valence-corrected chi connectivity index (χ4v) is 8.60. The molecule has 4 fully saturated rings. The fourth-order valence-electron chi connectivity index (χ4n) is 7.22. The first-order valence-electron chi connectivity index (χ1n) is 12.7. The van der Waals surface area contributed by atoms with E-state index in [0.29, 0.717) is 5.75 Å². The van der Waals surface area contributed by atoms with Crippen molar-refractivity contribution in [1.29, 1.82) is 0 Å². The van der Waals surface area contributed by atoms with Crippen LogP contribution in [0.3, 0.4) is 0 Å². The van der Waals surface area contributed by atoms with Crippen LogP contribution in [0, 0.1) is 23.2 Å². The highest BCUT2D eigenvalue weighted by Gasteiger charge is 2.53. The minimum atomic E-state index is -3.88. The Morgan fingerprint density at radius 3 is 2.11 bits per heavy atom. The molecular weight excluding hydrogens is 460 g/mol. The molecule has 0 spiro atoms. The molecule has 0 heterocycles. The SMILES string of the molecule is COc1ccc(S(=O)(=O)N(CC(=O)N[C@H](C)C23CC4CC(CC(C4)C2)C3)Cc2ccccc2)cc1. The zero-order valence-electron chi connectivity index (χ0n) is 20.7. The van der Waals surface area contributed by atoms with E-state index in [-0.39, 0.29) is 35.3 Å². The number of benzene rings is 2. The summed E-state index contributed by atoms with van der Waals surface area (Å²) in [5, 5.41) is 3.23. The Morgan fingerprint density at radius 2 is 1.57 bits per heavy atom. The lowest BCUT2D eigenvalue weighted by atomic mass is 9.48. The molecule has 4 aliphatic rings. The van der Waals surface area contributed by atoms with Gasteiger partial charge in [-0.2, -0.15) is 4.31 Å². The number of carbonyl (C=O) groups is 1. The molecule has 7 heteroatoms. The normalized spacial score (nSPS) is 28.1. The van der Waals surface area contributed by atoms with Gasteiger partial charge in [-0.15, -0.1) is 0 Å². The molecule has 0 radical (unpaired) electrons. The molecule has 0 aromatic heterocycles. The highest BCUT2D eigenvalue weighted by Crippen LogP contribution is 2.61. The monoisotopic (exact) mass is 496 g/mol. The molecule has 0 unspecified atom stereocenters. The van der Waals surface area contributed by atoms with Crippen molar-refractivity contribution in [3.05, 3.63) is 60.2 Å². The van der Waals surface area contributed by atoms with Gasteiger partial charge >= 0.3 is 0 Å². The number of methoxy groups -OCH3 is 1. The lowest BCUT2D eigenvalue weighted by Gasteiger charge is -2.59. The van der Waals surface area contributed by atoms with Gasteiger partial charge in [0.15, 0.2) is 0 Å². The van der Waals surface area contributed by atoms with Crippen LogP contribution in [0.4, 0.5) is 0 Å². The molecule has 188 valence electrons. The maximum absolute atomic E-state index is 13.6. The predicted molar refractivity (Wildman–Crippen MR) is 135 cm³/mol. The van der Waals surface area contributed by atoms with Crippen molar-refractivity contribution in [2.45, 2.75) is 62.9 Å². The zero-order chi connectivity index (χ0) is 24.6. The topological polar surface area (TPSA) is 75.7 Å². The number of ether oxygens (including phenoxy) is 1. The Kier molecular flexibility index (Phi) is 6.66. The largest absolute Gasteiger partial charge is 0.497 e. The average molecular weight is 497 g/mol. The van der Waals surface area contributed by atoms with E-state index >= 15 is 0 Å². The third-order valence-electron chi connectivity index (χ3n) is 8.60. The molecule has 1 atom stereocenters. The Hall–Kier alpha value is -2.38. The minimum Gasteiger partial charge on any atom is -0.497 e. The number of nitrogens with one attached hydrogen (secondary N) is 1. The van der Waals surface area contributed by atoms with Crippen molar-refractivity contribution >= 4 is 15.9 Å². The number of hydrogen-bond acceptors (Lipinski definition) is 4. The maximum atomic E-state index is 13.6. The quantitative estimate of drug-likeness (QED) is 0.550. The van der Waals surface area contributed by atoms with Crippen LogP contribution in [0.15, 0.2) is 59.5 Å². The molecule has 4 bridgehead atoms. The molecular formula is C28H36N2O4S. The first-order chi connectivity index (χ1) is 16.8. The maximum Gasteiger partial charge on any atom is 0.243 e. The third-order valence-corrected chi connectivity index (χ3v) is 10.4. The van der Waals surface area contributed by atoms with Crippen LogP contribution in [0.5, 0.6) is 5.75 Å². The lowest BCUT2D eigenvalue weighted by Crippen LogP contribution is -2.56. The van der Waals surface area contributed by atoms with Crippen molar-refractivity contribution in [2.75, 3.05) is 13.7 Å². The van der Waals surface area contributed by atoms with E-state index < -0.39 is 10.0 Å². The Balaban J connectivity index is 1.33. The second-order valence-corrected chi connectivity index (χ2v) is 12.9. The Morgan fingerprint density at radius 1 is 1.00 bits per heavy atom. The number of rotatable bonds is 9. The van der Waals surface area contributed by atoms with Gasteiger partial charge in [-0.25, -0.2) is 8.42 Å². The van der Waals surface area contributed by atoms with E-state index in [9.17, 15) is 13.2 Å². The predicted octanol–water partition coefficient (Wildman–Crippen LogP) is 4.61. The molecule has 6 nitrogen and oxygen atoms in total. The summed E-state index contributed by atoms with van der Waals surface area (Å²) in [6.45, 7) is 2.05. The average Bonchev–Trinajstić information content (AvgIpc) is 2.83. The molecule has 35 heavy (non-hydrogen) atoms. The molecule has 1 amide bonds. The second-order valence-electron chi connectivity index (χ2n) is 11.0. The van der Waals surface area contributed by atoms with Gasteiger partial charge in [0, 0.05) is 12.6 Å². The third kappa shape index (κ3) is 4.98. The first-order valence-corrected chi connectivity index (χ1v) is 14.2. The molecule has 2 aromatic rings. The van der Waals surface area contributed by atoms with E-state index in [1.54, 1.807) is 19.2 Å². The Labute approximate surface area is 209 Å². The minimum absolute atomic E-state index is 0.0469. The molecule has 0 saturated heterocycles. The highest BCUT2D eigenvalue weighted by molar-refractivity contribution is 7.89. The van der Waals surface area contributed by atoms with E-state index in [1.165, 1.54) is 55.0 Å². The van der Waals surface area contributed by atoms with E-state index in [1.807, 2.05) is 30.3 Å². The molecule has 4 aliphatic carbocycles. The van der Waals surface area contributed by atoms with Crippen LogP contribution in [-0.2, 0) is 21.4 Å². The van der Waals surface area contributed by atoms with Gasteiger partial charge in [0.1, 0.15) is 5.75 Å². The number of carbonyl (C=O) groups excluding carboxylic acids is 1. The number of amides is 1. The molecule has 2 aromatic carbocycles. The van der Waals surface area contributed by atoms with Crippen molar-refractivity contribution < 1.29 is 17.9 Å². The number of hydrogen-bond donors (Lipinski definition) is 1. The summed E-state index contributed by atoms with van der Waals surface area (Å²) in [5.41, 5.74) is 1.01. The van der Waals surface area contributed by atoms with Crippen molar-refractivity contribution in [2.24, 2.45) is 23.2 Å². The van der Waals surface area contributed by atoms with Crippen molar-refractivity contribution in [3.8, 4) is 5.75 Å². The van der Waals surface area contributed by atoms with E-state index in [2.05, 4.69) is 12.2 Å². The number of sulfonamides is 1. The van der Waals surface area contributed by atoms with Gasteiger partial charge in [0.05, 0.1) is 18.6 Å². The van der Waals surface area contributed by atoms with E-state index in [0.717, 1.165) is 23.3 Å². The van der Waals surface area contributed by atoms with Crippen LogP contribution in [0.1, 0.15) is 51.0 Å². The van der Waals surface area contributed by atoms with Crippen molar-refractivity contribution in [1.82, 2.24) is 9.62 Å². The zero-order valence-corrected chi connectivity index (χ0v) is 21.5. The molecule has 4 saturated carbocycles. The number of nitrogens with zero attached hydrogens (tertiary/aromatic N) is 1. The molecule has 1 N–H and O–H groups in total.